The second-order valence-electron chi connectivity index (χ2n) is 4.17. The molecule has 6 nitrogen and oxygen atoms in total. The molecule has 8 heteroatoms. The molecule has 0 aliphatic carbocycles. The molecule has 2 rings (SSSR count). The maximum Gasteiger partial charge on any atom is 0.260 e. The summed E-state index contributed by atoms with van der Waals surface area (Å²) in [6.07, 6.45) is 2.04. The van der Waals surface area contributed by atoms with Crippen LogP contribution in [0.15, 0.2) is 16.7 Å². The summed E-state index contributed by atoms with van der Waals surface area (Å²) in [4.78, 5) is 11.9. The average Bonchev–Trinajstić information content (AvgIpc) is 2.99. The fourth-order valence-corrected chi connectivity index (χ4v) is 3.57. The summed E-state index contributed by atoms with van der Waals surface area (Å²) in [6.45, 7) is 4.11. The molecule has 19 heavy (non-hydrogen) atoms. The van der Waals surface area contributed by atoms with Crippen LogP contribution in [0.3, 0.4) is 0 Å². The molecule has 0 amide bonds. The molecule has 0 fully saturated rings. The lowest BCUT2D eigenvalue weighted by Crippen LogP contribution is -2.26. The van der Waals surface area contributed by atoms with E-state index in [1.165, 1.54) is 21.8 Å². The molecule has 1 N–H and O–H groups in total. The number of imidazole rings is 1. The van der Waals surface area contributed by atoms with Crippen LogP contribution in [-0.2, 0) is 23.0 Å². The van der Waals surface area contributed by atoms with Crippen LogP contribution >= 0.6 is 11.3 Å². The van der Waals surface area contributed by atoms with Crippen molar-refractivity contribution in [1.82, 2.24) is 19.3 Å². The first-order valence-electron chi connectivity index (χ1n) is 5.84. The topological polar surface area (TPSA) is 79.0 Å². The Morgan fingerprint density at radius 1 is 1.42 bits per heavy atom. The highest BCUT2D eigenvalue weighted by molar-refractivity contribution is 7.89. The van der Waals surface area contributed by atoms with Crippen molar-refractivity contribution in [3.05, 3.63) is 28.1 Å². The fraction of sp³-hybridized carbons (Fsp3) is 0.455. The molecule has 2 aromatic heterocycles. The maximum atomic E-state index is 12.3. The molecule has 0 aliphatic heterocycles. The van der Waals surface area contributed by atoms with E-state index in [2.05, 4.69) is 15.0 Å². The minimum absolute atomic E-state index is 0.133. The summed E-state index contributed by atoms with van der Waals surface area (Å²) >= 11 is 1.46. The highest BCUT2D eigenvalue weighted by Gasteiger charge is 2.24. The summed E-state index contributed by atoms with van der Waals surface area (Å²) < 4.78 is 26.0. The third-order valence-electron chi connectivity index (χ3n) is 2.84. The number of aromatic amines is 1. The van der Waals surface area contributed by atoms with Crippen molar-refractivity contribution in [2.45, 2.75) is 31.8 Å². The Morgan fingerprint density at radius 3 is 2.68 bits per heavy atom. The molecule has 2 heterocycles. The number of hydrogen-bond acceptors (Lipinski definition) is 5. The fourth-order valence-electron chi connectivity index (χ4n) is 1.59. The number of aromatic nitrogens is 3. The van der Waals surface area contributed by atoms with Crippen LogP contribution in [-0.4, -0.2) is 34.7 Å². The Bertz CT molecular complexity index is 660. The Kier molecular flexibility index (Phi) is 4.02. The second-order valence-corrected chi connectivity index (χ2v) is 7.12. The Hall–Kier alpha value is -1.25. The Labute approximate surface area is 116 Å². The van der Waals surface area contributed by atoms with Gasteiger partial charge in [-0.05, 0) is 6.92 Å². The van der Waals surface area contributed by atoms with E-state index in [1.54, 1.807) is 12.6 Å². The third kappa shape index (κ3) is 2.85. The molecule has 104 valence electrons. The van der Waals surface area contributed by atoms with Gasteiger partial charge in [-0.2, -0.15) is 4.31 Å². The van der Waals surface area contributed by atoms with Crippen LogP contribution in [0.4, 0.5) is 0 Å². The largest absolute Gasteiger partial charge is 0.332 e. The molecular weight excluding hydrogens is 284 g/mol. The number of sulfonamides is 1. The predicted molar refractivity (Wildman–Crippen MR) is 73.5 cm³/mol. The first-order chi connectivity index (χ1) is 8.95. The number of H-pyrrole nitrogens is 1. The molecule has 0 bridgehead atoms. The van der Waals surface area contributed by atoms with Gasteiger partial charge in [0.05, 0.1) is 17.4 Å². The van der Waals surface area contributed by atoms with E-state index in [9.17, 15) is 8.42 Å². The van der Waals surface area contributed by atoms with Crippen LogP contribution in [0, 0.1) is 6.92 Å². The normalized spacial score (nSPS) is 12.2. The van der Waals surface area contributed by atoms with E-state index in [1.807, 2.05) is 13.8 Å². The molecule has 2 aromatic rings. The number of rotatable bonds is 5. The minimum atomic E-state index is -3.53. The molecule has 0 unspecified atom stereocenters. The number of nitrogens with one attached hydrogen (secondary N) is 1. The SMILES string of the molecule is CCc1ncc(S(=O)(=O)N(C)Cc2scnc2C)[nH]1. The van der Waals surface area contributed by atoms with Gasteiger partial charge in [-0.3, -0.25) is 0 Å². The van der Waals surface area contributed by atoms with Gasteiger partial charge < -0.3 is 4.98 Å². The molecule has 0 saturated heterocycles. The lowest BCUT2D eigenvalue weighted by molar-refractivity contribution is 0.466. The van der Waals surface area contributed by atoms with Gasteiger partial charge in [0.25, 0.3) is 10.0 Å². The van der Waals surface area contributed by atoms with Crippen molar-refractivity contribution in [3.8, 4) is 0 Å². The quantitative estimate of drug-likeness (QED) is 0.909. The number of hydrogen-bond donors (Lipinski definition) is 1. The molecule has 0 spiro atoms. The Balaban J connectivity index is 2.22. The Morgan fingerprint density at radius 2 is 2.16 bits per heavy atom. The summed E-state index contributed by atoms with van der Waals surface area (Å²) in [7, 11) is -1.97. The minimum Gasteiger partial charge on any atom is -0.332 e. The lowest BCUT2D eigenvalue weighted by atomic mass is 10.4. The summed E-state index contributed by atoms with van der Waals surface area (Å²) in [5.41, 5.74) is 2.59. The summed E-state index contributed by atoms with van der Waals surface area (Å²) in [6, 6.07) is 0. The van der Waals surface area contributed by atoms with Gasteiger partial charge in [-0.15, -0.1) is 11.3 Å². The first-order valence-corrected chi connectivity index (χ1v) is 8.16. The van der Waals surface area contributed by atoms with Gasteiger partial charge in [-0.1, -0.05) is 6.92 Å². The van der Waals surface area contributed by atoms with Gasteiger partial charge in [0.2, 0.25) is 0 Å². The van der Waals surface area contributed by atoms with E-state index < -0.39 is 10.0 Å². The van der Waals surface area contributed by atoms with Crippen molar-refractivity contribution < 1.29 is 8.42 Å². The third-order valence-corrected chi connectivity index (χ3v) is 5.47. The monoisotopic (exact) mass is 300 g/mol. The maximum absolute atomic E-state index is 12.3. The van der Waals surface area contributed by atoms with Gasteiger partial charge in [0, 0.05) is 24.9 Å². The molecule has 0 radical (unpaired) electrons. The smallest absolute Gasteiger partial charge is 0.260 e. The number of nitrogens with zero attached hydrogens (tertiary/aromatic N) is 3. The molecule has 0 saturated carbocycles. The molecule has 0 atom stereocenters. The van der Waals surface area contributed by atoms with Crippen LogP contribution < -0.4 is 0 Å². The van der Waals surface area contributed by atoms with Crippen LogP contribution in [0.1, 0.15) is 23.3 Å². The molecule has 0 aliphatic rings. The van der Waals surface area contributed by atoms with E-state index >= 15 is 0 Å². The summed E-state index contributed by atoms with van der Waals surface area (Å²) in [5.74, 6) is 0.668. The zero-order valence-corrected chi connectivity index (χ0v) is 12.7. The molecular formula is C11H16N4O2S2. The van der Waals surface area contributed by atoms with Crippen molar-refractivity contribution in [1.29, 1.82) is 0 Å². The zero-order valence-electron chi connectivity index (χ0n) is 11.0. The summed E-state index contributed by atoms with van der Waals surface area (Å²) in [5, 5.41) is 0.133. The van der Waals surface area contributed by atoms with Crippen molar-refractivity contribution in [2.75, 3.05) is 7.05 Å². The van der Waals surface area contributed by atoms with Crippen LogP contribution in [0.2, 0.25) is 0 Å². The number of aryl methyl sites for hydroxylation is 2. The lowest BCUT2D eigenvalue weighted by Gasteiger charge is -2.15. The highest BCUT2D eigenvalue weighted by atomic mass is 32.2. The van der Waals surface area contributed by atoms with Crippen molar-refractivity contribution in [2.24, 2.45) is 0 Å². The van der Waals surface area contributed by atoms with Gasteiger partial charge in [-0.25, -0.2) is 18.4 Å². The van der Waals surface area contributed by atoms with Gasteiger partial charge in [0.1, 0.15) is 5.82 Å². The predicted octanol–water partition coefficient (Wildman–Crippen LogP) is 1.56. The zero-order chi connectivity index (χ0) is 14.0. The van der Waals surface area contributed by atoms with Crippen LogP contribution in [0.5, 0.6) is 0 Å². The van der Waals surface area contributed by atoms with Gasteiger partial charge in [0.15, 0.2) is 5.03 Å². The second kappa shape index (κ2) is 5.40. The first kappa shape index (κ1) is 14.2. The van der Waals surface area contributed by atoms with Crippen molar-refractivity contribution >= 4 is 21.4 Å². The van der Waals surface area contributed by atoms with Crippen LogP contribution in [0.25, 0.3) is 0 Å². The standard InChI is InChI=1S/C11H16N4O2S2/c1-4-10-12-5-11(14-10)19(16,17)15(3)6-9-8(2)13-7-18-9/h5,7H,4,6H2,1-3H3,(H,12,14). The molecule has 0 aromatic carbocycles. The van der Waals surface area contributed by atoms with E-state index in [0.29, 0.717) is 18.8 Å². The van der Waals surface area contributed by atoms with Gasteiger partial charge >= 0.3 is 0 Å². The highest BCUT2D eigenvalue weighted by Crippen LogP contribution is 2.19. The van der Waals surface area contributed by atoms with Crippen molar-refractivity contribution in [3.63, 3.8) is 0 Å². The van der Waals surface area contributed by atoms with E-state index in [4.69, 9.17) is 0 Å². The average molecular weight is 300 g/mol. The number of thiazole rings is 1. The van der Waals surface area contributed by atoms with E-state index in [-0.39, 0.29) is 5.03 Å². The van der Waals surface area contributed by atoms with E-state index in [0.717, 1.165) is 10.6 Å².